The Bertz CT molecular complexity index is 821. The summed E-state index contributed by atoms with van der Waals surface area (Å²) in [4.78, 5) is 18.9. The monoisotopic (exact) mass is 390 g/mol. The highest BCUT2D eigenvalue weighted by atomic mass is 35.5. The third-order valence-electron chi connectivity index (χ3n) is 4.91. The van der Waals surface area contributed by atoms with E-state index < -0.39 is 0 Å². The Labute approximate surface area is 163 Å². The average molecular weight is 391 g/mol. The molecule has 0 spiro atoms. The number of amides is 1. The van der Waals surface area contributed by atoms with Gasteiger partial charge in [0.1, 0.15) is 11.1 Å². The molecule has 1 amide bonds. The number of aromatic nitrogens is 3. The number of hydrogen-bond donors (Lipinski definition) is 0. The van der Waals surface area contributed by atoms with Crippen molar-refractivity contribution in [1.82, 2.24) is 19.7 Å². The molecule has 0 bridgehead atoms. The summed E-state index contributed by atoms with van der Waals surface area (Å²) in [5.74, 6) is 0.910. The molecular weight excluding hydrogens is 368 g/mol. The molecule has 0 N–H and O–H groups in total. The van der Waals surface area contributed by atoms with Crippen molar-refractivity contribution in [3.63, 3.8) is 0 Å². The summed E-state index contributed by atoms with van der Waals surface area (Å²) in [6.45, 7) is 4.96. The molecule has 2 aliphatic rings. The van der Waals surface area contributed by atoms with Crippen LogP contribution in [-0.4, -0.2) is 51.9 Å². The molecular formula is C19H23ClN4O3. The van der Waals surface area contributed by atoms with E-state index >= 15 is 0 Å². The quantitative estimate of drug-likeness (QED) is 0.758. The van der Waals surface area contributed by atoms with Crippen LogP contribution in [0.2, 0.25) is 5.02 Å². The van der Waals surface area contributed by atoms with Crippen molar-refractivity contribution in [3.05, 3.63) is 40.8 Å². The number of nitrogens with zero attached hydrogens (tertiary/aromatic N) is 4. The predicted octanol–water partition coefficient (Wildman–Crippen LogP) is 2.95. The van der Waals surface area contributed by atoms with Crippen LogP contribution in [0.4, 0.5) is 0 Å². The summed E-state index contributed by atoms with van der Waals surface area (Å²) >= 11 is 6.27. The smallest absolute Gasteiger partial charge is 0.255 e. The van der Waals surface area contributed by atoms with E-state index in [1.54, 1.807) is 17.2 Å². The highest BCUT2D eigenvalue weighted by Crippen LogP contribution is 2.31. The largest absolute Gasteiger partial charge is 0.476 e. The summed E-state index contributed by atoms with van der Waals surface area (Å²) in [5, 5.41) is 4.66. The van der Waals surface area contributed by atoms with Gasteiger partial charge >= 0.3 is 0 Å². The highest BCUT2D eigenvalue weighted by molar-refractivity contribution is 6.32. The van der Waals surface area contributed by atoms with Crippen LogP contribution >= 0.6 is 11.6 Å². The lowest BCUT2D eigenvalue weighted by Crippen LogP contribution is -2.42. The molecule has 8 heteroatoms. The van der Waals surface area contributed by atoms with Crippen LogP contribution in [0.15, 0.2) is 24.7 Å². The molecule has 3 heterocycles. The van der Waals surface area contributed by atoms with Crippen LogP contribution in [0.3, 0.4) is 0 Å². The van der Waals surface area contributed by atoms with E-state index in [9.17, 15) is 4.79 Å². The number of ether oxygens (including phenoxy) is 2. The van der Waals surface area contributed by atoms with E-state index in [-0.39, 0.29) is 12.0 Å². The molecule has 1 aliphatic carbocycles. The Kier molecular flexibility index (Phi) is 5.31. The Morgan fingerprint density at radius 1 is 1.41 bits per heavy atom. The lowest BCUT2D eigenvalue weighted by Gasteiger charge is -2.32. The van der Waals surface area contributed by atoms with E-state index in [0.29, 0.717) is 48.7 Å². The third kappa shape index (κ3) is 4.25. The fourth-order valence-corrected chi connectivity index (χ4v) is 3.29. The first-order valence-corrected chi connectivity index (χ1v) is 9.73. The van der Waals surface area contributed by atoms with Gasteiger partial charge in [-0.1, -0.05) is 11.6 Å². The van der Waals surface area contributed by atoms with E-state index in [0.717, 1.165) is 12.1 Å². The van der Waals surface area contributed by atoms with Gasteiger partial charge in [-0.05, 0) is 31.7 Å². The van der Waals surface area contributed by atoms with Gasteiger partial charge in [0.25, 0.3) is 5.91 Å². The van der Waals surface area contributed by atoms with Crippen LogP contribution in [0.1, 0.15) is 41.8 Å². The molecule has 1 saturated heterocycles. The third-order valence-corrected chi connectivity index (χ3v) is 5.18. The molecule has 1 unspecified atom stereocenters. The average Bonchev–Trinajstić information content (AvgIpc) is 3.40. The lowest BCUT2D eigenvalue weighted by molar-refractivity contribution is -0.0228. The van der Waals surface area contributed by atoms with Gasteiger partial charge in [0.05, 0.1) is 31.5 Å². The number of pyridine rings is 1. The van der Waals surface area contributed by atoms with Crippen molar-refractivity contribution >= 4 is 17.5 Å². The number of rotatable bonds is 6. The summed E-state index contributed by atoms with van der Waals surface area (Å²) in [5.41, 5.74) is 1.44. The number of morpholine rings is 1. The number of halogens is 1. The van der Waals surface area contributed by atoms with Crippen molar-refractivity contribution in [3.8, 4) is 5.88 Å². The zero-order chi connectivity index (χ0) is 18.8. The topological polar surface area (TPSA) is 69.5 Å². The first-order valence-electron chi connectivity index (χ1n) is 9.35. The summed E-state index contributed by atoms with van der Waals surface area (Å²) < 4.78 is 13.3. The molecule has 27 heavy (non-hydrogen) atoms. The Morgan fingerprint density at radius 3 is 2.96 bits per heavy atom. The van der Waals surface area contributed by atoms with Gasteiger partial charge in [-0.2, -0.15) is 5.10 Å². The maximum Gasteiger partial charge on any atom is 0.255 e. The first-order chi connectivity index (χ1) is 13.1. The van der Waals surface area contributed by atoms with Crippen LogP contribution in [-0.2, 0) is 11.3 Å². The molecule has 1 aliphatic heterocycles. The zero-order valence-electron chi connectivity index (χ0n) is 15.3. The van der Waals surface area contributed by atoms with E-state index in [2.05, 4.69) is 10.1 Å². The lowest BCUT2D eigenvalue weighted by atomic mass is 10.1. The van der Waals surface area contributed by atoms with Gasteiger partial charge in [0, 0.05) is 31.0 Å². The van der Waals surface area contributed by atoms with Gasteiger partial charge in [-0.3, -0.25) is 9.48 Å². The van der Waals surface area contributed by atoms with Crippen molar-refractivity contribution in [2.24, 2.45) is 5.92 Å². The van der Waals surface area contributed by atoms with Crippen molar-refractivity contribution in [1.29, 1.82) is 0 Å². The fourth-order valence-electron chi connectivity index (χ4n) is 3.07. The van der Waals surface area contributed by atoms with Crippen molar-refractivity contribution < 1.29 is 14.3 Å². The van der Waals surface area contributed by atoms with E-state index in [1.165, 1.54) is 19.0 Å². The number of hydrogen-bond acceptors (Lipinski definition) is 5. The molecule has 7 nitrogen and oxygen atoms in total. The molecule has 0 aromatic carbocycles. The van der Waals surface area contributed by atoms with Gasteiger partial charge in [0.2, 0.25) is 5.88 Å². The molecule has 4 rings (SSSR count). The minimum Gasteiger partial charge on any atom is -0.476 e. The molecule has 1 atom stereocenters. The maximum atomic E-state index is 12.9. The predicted molar refractivity (Wildman–Crippen MR) is 100.0 cm³/mol. The normalized spacial score (nSPS) is 19.9. The highest BCUT2D eigenvalue weighted by Gasteiger charge is 2.28. The molecule has 2 fully saturated rings. The summed E-state index contributed by atoms with van der Waals surface area (Å²) in [6, 6.07) is 1.64. The Hall–Kier alpha value is -2.12. The van der Waals surface area contributed by atoms with Crippen molar-refractivity contribution in [2.75, 3.05) is 26.3 Å². The number of aryl methyl sites for hydroxylation is 1. The number of carbonyl (C=O) groups is 1. The fraction of sp³-hybridized carbons (Fsp3) is 0.526. The molecule has 2 aromatic heterocycles. The molecule has 144 valence electrons. The minimum absolute atomic E-state index is 0.102. The van der Waals surface area contributed by atoms with Crippen LogP contribution in [0.25, 0.3) is 0 Å². The second-order valence-corrected chi connectivity index (χ2v) is 7.41. The molecule has 0 radical (unpaired) electrons. The van der Waals surface area contributed by atoms with Gasteiger partial charge in [-0.15, -0.1) is 0 Å². The van der Waals surface area contributed by atoms with Gasteiger partial charge in [-0.25, -0.2) is 4.98 Å². The van der Waals surface area contributed by atoms with E-state index in [4.69, 9.17) is 21.1 Å². The Balaban J connectivity index is 1.42. The summed E-state index contributed by atoms with van der Waals surface area (Å²) in [6.07, 6.45) is 7.52. The molecule has 1 saturated carbocycles. The second kappa shape index (κ2) is 7.86. The maximum absolute atomic E-state index is 12.9. The zero-order valence-corrected chi connectivity index (χ0v) is 16.1. The molecule has 2 aromatic rings. The standard InChI is InChI=1S/C19H23ClN4O3/c1-2-24-10-15(9-22-24)17-11-23(5-6-26-17)19(25)14-7-16(20)18(21-8-14)27-12-13-3-4-13/h7-10,13,17H,2-6,11-12H2,1H3. The Morgan fingerprint density at radius 2 is 2.26 bits per heavy atom. The SMILES string of the molecule is CCn1cc(C2CN(C(=O)c3cnc(OCC4CC4)c(Cl)c3)CCO2)cn1. The van der Waals surface area contributed by atoms with Crippen molar-refractivity contribution in [2.45, 2.75) is 32.4 Å². The second-order valence-electron chi connectivity index (χ2n) is 7.01. The minimum atomic E-state index is -0.174. The first kappa shape index (κ1) is 18.3. The number of carbonyl (C=O) groups excluding carboxylic acids is 1. The van der Waals surface area contributed by atoms with E-state index in [1.807, 2.05) is 17.8 Å². The van der Waals surface area contributed by atoms with Crippen LogP contribution in [0.5, 0.6) is 5.88 Å². The van der Waals surface area contributed by atoms with Crippen LogP contribution in [0, 0.1) is 5.92 Å². The van der Waals surface area contributed by atoms with Gasteiger partial charge in [0.15, 0.2) is 0 Å². The van der Waals surface area contributed by atoms with Gasteiger partial charge < -0.3 is 14.4 Å². The summed E-state index contributed by atoms with van der Waals surface area (Å²) in [7, 11) is 0. The van der Waals surface area contributed by atoms with Crippen LogP contribution < -0.4 is 4.74 Å².